The molecule has 0 saturated carbocycles. The maximum absolute atomic E-state index is 6.23. The molecule has 0 radical (unpaired) electrons. The van der Waals surface area contributed by atoms with Crippen molar-refractivity contribution in [1.82, 2.24) is 5.32 Å². The van der Waals surface area contributed by atoms with Gasteiger partial charge < -0.3 is 10.2 Å². The van der Waals surface area contributed by atoms with Gasteiger partial charge in [0.05, 0.1) is 0 Å². The average molecular weight is 267 g/mol. The van der Waals surface area contributed by atoms with Crippen LogP contribution in [0.2, 0.25) is 5.02 Å². The fraction of sp³-hybridized carbons (Fsp3) is 0.600. The van der Waals surface area contributed by atoms with Gasteiger partial charge in [0.15, 0.2) is 0 Å². The van der Waals surface area contributed by atoms with Crippen LogP contribution in [-0.4, -0.2) is 25.7 Å². The molecule has 1 aliphatic rings. The fourth-order valence-corrected chi connectivity index (χ4v) is 2.72. The lowest BCUT2D eigenvalue weighted by molar-refractivity contribution is 0.420. The van der Waals surface area contributed by atoms with Gasteiger partial charge in [0.2, 0.25) is 0 Å². The zero-order valence-electron chi connectivity index (χ0n) is 11.5. The van der Waals surface area contributed by atoms with Crippen LogP contribution < -0.4 is 10.2 Å². The Bertz CT molecular complexity index is 403. The zero-order valence-corrected chi connectivity index (χ0v) is 12.3. The molecule has 18 heavy (non-hydrogen) atoms. The van der Waals surface area contributed by atoms with Crippen LogP contribution in [0.1, 0.15) is 25.8 Å². The number of benzene rings is 1. The summed E-state index contributed by atoms with van der Waals surface area (Å²) in [4.78, 5) is 2.48. The summed E-state index contributed by atoms with van der Waals surface area (Å²) >= 11 is 6.23. The van der Waals surface area contributed by atoms with E-state index in [2.05, 4.69) is 37.1 Å². The number of rotatable bonds is 2. The molecular weight excluding hydrogens is 244 g/mol. The monoisotopic (exact) mass is 266 g/mol. The number of anilines is 1. The molecule has 1 atom stereocenters. The quantitative estimate of drug-likeness (QED) is 0.882. The average Bonchev–Trinajstić information content (AvgIpc) is 2.58. The van der Waals surface area contributed by atoms with E-state index in [0.29, 0.717) is 12.0 Å². The molecule has 0 aliphatic carbocycles. The molecule has 2 nitrogen and oxygen atoms in total. The van der Waals surface area contributed by atoms with Crippen LogP contribution in [0.15, 0.2) is 18.2 Å². The minimum Gasteiger partial charge on any atom is -0.370 e. The molecule has 1 unspecified atom stereocenters. The third-order valence-corrected chi connectivity index (χ3v) is 4.22. The number of nitrogens with one attached hydrogen (secondary N) is 1. The SMILES string of the molecule is Cc1c(Cl)cccc1N1CCCNC(C(C)C)C1. The molecule has 3 heteroatoms. The predicted molar refractivity (Wildman–Crippen MR) is 79.6 cm³/mol. The van der Waals surface area contributed by atoms with E-state index in [-0.39, 0.29) is 0 Å². The first-order valence-electron chi connectivity index (χ1n) is 6.83. The maximum Gasteiger partial charge on any atom is 0.0455 e. The third kappa shape index (κ3) is 2.99. The van der Waals surface area contributed by atoms with Crippen LogP contribution >= 0.6 is 11.6 Å². The van der Waals surface area contributed by atoms with E-state index in [0.717, 1.165) is 24.7 Å². The molecule has 100 valence electrons. The van der Waals surface area contributed by atoms with Gasteiger partial charge in [-0.3, -0.25) is 0 Å². The van der Waals surface area contributed by atoms with Gasteiger partial charge in [-0.1, -0.05) is 31.5 Å². The fourth-order valence-electron chi connectivity index (χ4n) is 2.55. The lowest BCUT2D eigenvalue weighted by Crippen LogP contribution is -2.41. The van der Waals surface area contributed by atoms with Gasteiger partial charge in [0.25, 0.3) is 0 Å². The largest absolute Gasteiger partial charge is 0.370 e. The molecule has 2 rings (SSSR count). The highest BCUT2D eigenvalue weighted by molar-refractivity contribution is 6.31. The zero-order chi connectivity index (χ0) is 13.1. The summed E-state index contributed by atoms with van der Waals surface area (Å²) < 4.78 is 0. The minimum atomic E-state index is 0.561. The van der Waals surface area contributed by atoms with Gasteiger partial charge in [-0.15, -0.1) is 0 Å². The van der Waals surface area contributed by atoms with Crippen molar-refractivity contribution in [3.8, 4) is 0 Å². The van der Waals surface area contributed by atoms with E-state index in [1.54, 1.807) is 0 Å². The molecule has 1 saturated heterocycles. The molecular formula is C15H23ClN2. The minimum absolute atomic E-state index is 0.561. The normalized spacial score (nSPS) is 21.2. The highest BCUT2D eigenvalue weighted by Gasteiger charge is 2.21. The van der Waals surface area contributed by atoms with E-state index in [9.17, 15) is 0 Å². The van der Waals surface area contributed by atoms with Gasteiger partial charge in [0.1, 0.15) is 0 Å². The van der Waals surface area contributed by atoms with Gasteiger partial charge in [-0.25, -0.2) is 0 Å². The first-order chi connectivity index (χ1) is 8.59. The molecule has 0 aromatic heterocycles. The second kappa shape index (κ2) is 5.94. The Morgan fingerprint density at radius 2 is 2.17 bits per heavy atom. The van der Waals surface area contributed by atoms with Gasteiger partial charge >= 0.3 is 0 Å². The highest BCUT2D eigenvalue weighted by atomic mass is 35.5. The molecule has 1 fully saturated rings. The van der Waals surface area contributed by atoms with Crippen molar-refractivity contribution < 1.29 is 0 Å². The van der Waals surface area contributed by atoms with Crippen LogP contribution in [0.5, 0.6) is 0 Å². The second-order valence-corrected chi connectivity index (χ2v) is 5.90. The Balaban J connectivity index is 2.22. The second-order valence-electron chi connectivity index (χ2n) is 5.49. The molecule has 0 spiro atoms. The lowest BCUT2D eigenvalue weighted by atomic mass is 10.0. The molecule has 1 aliphatic heterocycles. The van der Waals surface area contributed by atoms with Crippen LogP contribution in [-0.2, 0) is 0 Å². The van der Waals surface area contributed by atoms with Crippen LogP contribution in [0.25, 0.3) is 0 Å². The molecule has 1 aromatic carbocycles. The first kappa shape index (κ1) is 13.7. The van der Waals surface area contributed by atoms with Crippen molar-refractivity contribution in [3.05, 3.63) is 28.8 Å². The summed E-state index contributed by atoms with van der Waals surface area (Å²) in [5.74, 6) is 0.657. The van der Waals surface area contributed by atoms with Crippen molar-refractivity contribution in [2.24, 2.45) is 5.92 Å². The van der Waals surface area contributed by atoms with Crippen molar-refractivity contribution in [2.45, 2.75) is 33.2 Å². The summed E-state index contributed by atoms with van der Waals surface area (Å²) in [6, 6.07) is 6.76. The molecule has 1 aromatic rings. The standard InChI is InChI=1S/C15H23ClN2/c1-11(2)14-10-18(9-5-8-17-14)15-7-4-6-13(16)12(15)3/h4,6-7,11,14,17H,5,8-10H2,1-3H3. The van der Waals surface area contributed by atoms with E-state index < -0.39 is 0 Å². The van der Waals surface area contributed by atoms with Crippen LogP contribution in [0, 0.1) is 12.8 Å². The van der Waals surface area contributed by atoms with E-state index in [1.807, 2.05) is 12.1 Å². The summed E-state index contributed by atoms with van der Waals surface area (Å²) in [5.41, 5.74) is 2.49. The predicted octanol–water partition coefficient (Wildman–Crippen LogP) is 3.47. The maximum atomic E-state index is 6.23. The lowest BCUT2D eigenvalue weighted by Gasteiger charge is -2.29. The summed E-state index contributed by atoms with van der Waals surface area (Å²) in [6.07, 6.45) is 1.19. The van der Waals surface area contributed by atoms with Crippen molar-refractivity contribution in [3.63, 3.8) is 0 Å². The molecule has 0 bridgehead atoms. The third-order valence-electron chi connectivity index (χ3n) is 3.81. The molecule has 0 amide bonds. The molecule has 1 heterocycles. The van der Waals surface area contributed by atoms with E-state index in [1.165, 1.54) is 17.7 Å². The van der Waals surface area contributed by atoms with Crippen LogP contribution in [0.4, 0.5) is 5.69 Å². The Labute approximate surface area is 115 Å². The Hall–Kier alpha value is -0.730. The van der Waals surface area contributed by atoms with E-state index >= 15 is 0 Å². The summed E-state index contributed by atoms with van der Waals surface area (Å²) in [6.45, 7) is 9.97. The van der Waals surface area contributed by atoms with E-state index in [4.69, 9.17) is 11.6 Å². The summed E-state index contributed by atoms with van der Waals surface area (Å²) in [7, 11) is 0. The van der Waals surface area contributed by atoms with Crippen molar-refractivity contribution >= 4 is 17.3 Å². The first-order valence-corrected chi connectivity index (χ1v) is 7.21. The van der Waals surface area contributed by atoms with Crippen molar-refractivity contribution in [2.75, 3.05) is 24.5 Å². The number of nitrogens with zero attached hydrogens (tertiary/aromatic N) is 1. The van der Waals surface area contributed by atoms with Gasteiger partial charge in [0, 0.05) is 29.8 Å². The Morgan fingerprint density at radius 3 is 2.89 bits per heavy atom. The van der Waals surface area contributed by atoms with Gasteiger partial charge in [-0.05, 0) is 43.5 Å². The Kier molecular flexibility index (Phi) is 4.52. The number of halogens is 1. The number of hydrogen-bond acceptors (Lipinski definition) is 2. The number of hydrogen-bond donors (Lipinski definition) is 1. The van der Waals surface area contributed by atoms with Crippen molar-refractivity contribution in [1.29, 1.82) is 0 Å². The van der Waals surface area contributed by atoms with Crippen LogP contribution in [0.3, 0.4) is 0 Å². The van der Waals surface area contributed by atoms with Gasteiger partial charge in [-0.2, -0.15) is 0 Å². The summed E-state index contributed by atoms with van der Waals surface area (Å²) in [5, 5.41) is 4.51. The smallest absolute Gasteiger partial charge is 0.0455 e. The topological polar surface area (TPSA) is 15.3 Å². The Morgan fingerprint density at radius 1 is 1.39 bits per heavy atom. The molecule has 1 N–H and O–H groups in total. The highest BCUT2D eigenvalue weighted by Crippen LogP contribution is 2.27.